The predicted molar refractivity (Wildman–Crippen MR) is 103 cm³/mol. The van der Waals surface area contributed by atoms with Crippen LogP contribution in [0.25, 0.3) is 0 Å². The lowest BCUT2D eigenvalue weighted by Crippen LogP contribution is -2.48. The molecule has 1 saturated heterocycles. The van der Waals surface area contributed by atoms with Gasteiger partial charge in [0.25, 0.3) is 5.56 Å². The topological polar surface area (TPSA) is 67.2 Å². The van der Waals surface area contributed by atoms with Crippen LogP contribution in [0.15, 0.2) is 23.3 Å². The molecule has 3 aliphatic rings. The Morgan fingerprint density at radius 3 is 2.63 bits per heavy atom. The molecule has 1 saturated carbocycles. The molecule has 5 rings (SSSR count). The number of aryl methyl sites for hydroxylation is 2. The van der Waals surface area contributed by atoms with Gasteiger partial charge in [0.2, 0.25) is 0 Å². The van der Waals surface area contributed by atoms with Crippen LogP contribution in [0, 0.1) is 0 Å². The quantitative estimate of drug-likeness (QED) is 0.793. The van der Waals surface area contributed by atoms with Crippen molar-refractivity contribution < 1.29 is 0 Å². The molecule has 1 aliphatic heterocycles. The maximum atomic E-state index is 12.3. The Hall–Kier alpha value is -2.28. The van der Waals surface area contributed by atoms with E-state index in [9.17, 15) is 4.79 Å². The number of anilines is 1. The summed E-state index contributed by atoms with van der Waals surface area (Å²) in [4.78, 5) is 26.2. The molecule has 2 fully saturated rings. The Bertz CT molecular complexity index is 882. The Labute approximate surface area is 159 Å². The van der Waals surface area contributed by atoms with Gasteiger partial charge in [0.05, 0.1) is 17.9 Å². The highest BCUT2D eigenvalue weighted by molar-refractivity contribution is 5.46. The van der Waals surface area contributed by atoms with Crippen LogP contribution in [0.2, 0.25) is 0 Å². The molecule has 2 aromatic heterocycles. The minimum atomic E-state index is 0.0444. The lowest BCUT2D eigenvalue weighted by molar-refractivity contribution is 0.241. The van der Waals surface area contributed by atoms with Gasteiger partial charge in [0, 0.05) is 57.1 Å². The standard InChI is InChI=1S/C20H26N6O/c27-18-14-16-2-1-3-17(16)23-26(18)13-10-24-8-11-25(12-9-24)20-19(15-4-5-15)21-6-7-22-20/h6-7,14-15H,1-5,8-13H2. The number of hydrogen-bond donors (Lipinski definition) is 0. The smallest absolute Gasteiger partial charge is 0.267 e. The first-order valence-electron chi connectivity index (χ1n) is 10.2. The van der Waals surface area contributed by atoms with Crippen LogP contribution < -0.4 is 10.5 Å². The molecule has 27 heavy (non-hydrogen) atoms. The van der Waals surface area contributed by atoms with E-state index in [0.29, 0.717) is 12.5 Å². The van der Waals surface area contributed by atoms with E-state index in [-0.39, 0.29) is 5.56 Å². The summed E-state index contributed by atoms with van der Waals surface area (Å²) in [6.45, 7) is 5.44. The second-order valence-electron chi connectivity index (χ2n) is 7.90. The van der Waals surface area contributed by atoms with Crippen molar-refractivity contribution in [3.05, 3.63) is 45.8 Å². The minimum absolute atomic E-state index is 0.0444. The van der Waals surface area contributed by atoms with Crippen molar-refractivity contribution in [1.82, 2.24) is 24.6 Å². The molecule has 142 valence electrons. The SMILES string of the molecule is O=c1cc2c(nn1CCN1CCN(c3nccnc3C3CC3)CC1)CCC2. The van der Waals surface area contributed by atoms with Gasteiger partial charge in [-0.05, 0) is 37.7 Å². The summed E-state index contributed by atoms with van der Waals surface area (Å²) in [7, 11) is 0. The molecule has 7 heteroatoms. The number of hydrogen-bond acceptors (Lipinski definition) is 6. The molecule has 3 heterocycles. The maximum Gasteiger partial charge on any atom is 0.267 e. The van der Waals surface area contributed by atoms with Gasteiger partial charge >= 0.3 is 0 Å². The maximum absolute atomic E-state index is 12.3. The molecule has 2 aliphatic carbocycles. The molecular weight excluding hydrogens is 340 g/mol. The van der Waals surface area contributed by atoms with Crippen molar-refractivity contribution in [2.24, 2.45) is 0 Å². The van der Waals surface area contributed by atoms with Crippen molar-refractivity contribution >= 4 is 5.82 Å². The van der Waals surface area contributed by atoms with Crippen LogP contribution in [0.5, 0.6) is 0 Å². The van der Waals surface area contributed by atoms with Crippen LogP contribution in [-0.2, 0) is 19.4 Å². The van der Waals surface area contributed by atoms with Crippen molar-refractivity contribution in [1.29, 1.82) is 0 Å². The fraction of sp³-hybridized carbons (Fsp3) is 0.600. The third kappa shape index (κ3) is 3.48. The van der Waals surface area contributed by atoms with Gasteiger partial charge in [0.15, 0.2) is 5.82 Å². The minimum Gasteiger partial charge on any atom is -0.353 e. The first kappa shape index (κ1) is 16.9. The van der Waals surface area contributed by atoms with E-state index < -0.39 is 0 Å². The van der Waals surface area contributed by atoms with Crippen LogP contribution >= 0.6 is 0 Å². The van der Waals surface area contributed by atoms with Gasteiger partial charge in [0.1, 0.15) is 0 Å². The summed E-state index contributed by atoms with van der Waals surface area (Å²) in [5.41, 5.74) is 3.50. The summed E-state index contributed by atoms with van der Waals surface area (Å²) in [5, 5.41) is 4.59. The summed E-state index contributed by atoms with van der Waals surface area (Å²) in [5.74, 6) is 1.70. The molecule has 7 nitrogen and oxygen atoms in total. The highest BCUT2D eigenvalue weighted by Gasteiger charge is 2.31. The average Bonchev–Trinajstić information content (AvgIpc) is 3.46. The molecule has 0 unspecified atom stereocenters. The number of nitrogens with zero attached hydrogens (tertiary/aromatic N) is 6. The zero-order valence-electron chi connectivity index (χ0n) is 15.7. The number of rotatable bonds is 5. The monoisotopic (exact) mass is 366 g/mol. The van der Waals surface area contributed by atoms with Gasteiger partial charge in [-0.3, -0.25) is 14.7 Å². The molecule has 0 N–H and O–H groups in total. The van der Waals surface area contributed by atoms with Crippen LogP contribution in [-0.4, -0.2) is 57.4 Å². The molecular formula is C20H26N6O. The van der Waals surface area contributed by atoms with Crippen LogP contribution in [0.3, 0.4) is 0 Å². The first-order valence-corrected chi connectivity index (χ1v) is 10.2. The lowest BCUT2D eigenvalue weighted by Gasteiger charge is -2.36. The van der Waals surface area contributed by atoms with Gasteiger partial charge in [-0.15, -0.1) is 0 Å². The van der Waals surface area contributed by atoms with Gasteiger partial charge < -0.3 is 4.90 Å². The normalized spacial score (nSPS) is 20.1. The van der Waals surface area contributed by atoms with E-state index in [2.05, 4.69) is 24.9 Å². The molecule has 0 aromatic carbocycles. The van der Waals surface area contributed by atoms with Crippen molar-refractivity contribution in [2.75, 3.05) is 37.6 Å². The van der Waals surface area contributed by atoms with E-state index in [1.165, 1.54) is 18.5 Å². The second-order valence-corrected chi connectivity index (χ2v) is 7.90. The fourth-order valence-electron chi connectivity index (χ4n) is 4.25. The van der Waals surface area contributed by atoms with Gasteiger partial charge in [-0.1, -0.05) is 0 Å². The van der Waals surface area contributed by atoms with E-state index in [1.807, 2.05) is 6.20 Å². The zero-order chi connectivity index (χ0) is 18.2. The molecule has 0 atom stereocenters. The van der Waals surface area contributed by atoms with Crippen LogP contribution in [0.1, 0.15) is 42.1 Å². The number of aromatic nitrogens is 4. The zero-order valence-corrected chi connectivity index (χ0v) is 15.7. The predicted octanol–water partition coefficient (Wildman–Crippen LogP) is 1.22. The van der Waals surface area contributed by atoms with E-state index in [0.717, 1.165) is 69.1 Å². The second kappa shape index (κ2) is 7.03. The Morgan fingerprint density at radius 2 is 1.81 bits per heavy atom. The Morgan fingerprint density at radius 1 is 1.00 bits per heavy atom. The van der Waals surface area contributed by atoms with Crippen LogP contribution in [0.4, 0.5) is 5.82 Å². The summed E-state index contributed by atoms with van der Waals surface area (Å²) in [6.07, 6.45) is 9.25. The Balaban J connectivity index is 1.19. The average molecular weight is 366 g/mol. The number of piperazine rings is 1. The Kier molecular flexibility index (Phi) is 4.39. The van der Waals surface area contributed by atoms with Crippen molar-refractivity contribution in [3.63, 3.8) is 0 Å². The largest absolute Gasteiger partial charge is 0.353 e. The summed E-state index contributed by atoms with van der Waals surface area (Å²) in [6, 6.07) is 1.79. The fourth-order valence-corrected chi connectivity index (χ4v) is 4.25. The van der Waals surface area contributed by atoms with Crippen molar-refractivity contribution in [3.8, 4) is 0 Å². The highest BCUT2D eigenvalue weighted by atomic mass is 16.1. The summed E-state index contributed by atoms with van der Waals surface area (Å²) < 4.78 is 1.66. The third-order valence-electron chi connectivity index (χ3n) is 5.99. The first-order chi connectivity index (χ1) is 13.3. The lowest BCUT2D eigenvalue weighted by atomic mass is 10.2. The van der Waals surface area contributed by atoms with Gasteiger partial charge in [-0.25, -0.2) is 9.67 Å². The van der Waals surface area contributed by atoms with Crippen molar-refractivity contribution in [2.45, 2.75) is 44.6 Å². The van der Waals surface area contributed by atoms with Gasteiger partial charge in [-0.2, -0.15) is 5.10 Å². The third-order valence-corrected chi connectivity index (χ3v) is 5.99. The molecule has 0 spiro atoms. The highest BCUT2D eigenvalue weighted by Crippen LogP contribution is 2.42. The van der Waals surface area contributed by atoms with E-state index in [1.54, 1.807) is 16.9 Å². The molecule has 0 bridgehead atoms. The summed E-state index contributed by atoms with van der Waals surface area (Å²) >= 11 is 0. The molecule has 0 radical (unpaired) electrons. The molecule has 0 amide bonds. The number of fused-ring (bicyclic) bond motifs is 1. The van der Waals surface area contributed by atoms with E-state index in [4.69, 9.17) is 0 Å². The molecule has 2 aromatic rings. The van der Waals surface area contributed by atoms with E-state index >= 15 is 0 Å².